The molecule has 0 radical (unpaired) electrons. The minimum absolute atomic E-state index is 0.0765. The average Bonchev–Trinajstić information content (AvgIpc) is 2.59. The summed E-state index contributed by atoms with van der Waals surface area (Å²) in [6.45, 7) is 6.10. The van der Waals surface area contributed by atoms with E-state index in [1.54, 1.807) is 6.20 Å². The van der Waals surface area contributed by atoms with Gasteiger partial charge in [-0.25, -0.2) is 5.43 Å². The van der Waals surface area contributed by atoms with Gasteiger partial charge in [-0.3, -0.25) is 15.5 Å². The van der Waals surface area contributed by atoms with Crippen LogP contribution in [0.25, 0.3) is 0 Å². The number of nitrogens with two attached hydrogens (primary N) is 1. The number of pyridine rings is 1. The molecule has 0 aromatic carbocycles. The highest BCUT2D eigenvalue weighted by Gasteiger charge is 2.22. The van der Waals surface area contributed by atoms with E-state index in [9.17, 15) is 0 Å². The van der Waals surface area contributed by atoms with E-state index in [1.165, 1.54) is 0 Å². The highest BCUT2D eigenvalue weighted by molar-refractivity contribution is 5.39. The number of hydrogen-bond donors (Lipinski definition) is 2. The third-order valence-electron chi connectivity index (χ3n) is 3.41. The summed E-state index contributed by atoms with van der Waals surface area (Å²) in [6, 6.07) is 1.91. The van der Waals surface area contributed by atoms with Crippen LogP contribution in [-0.4, -0.2) is 14.8 Å². The topological polar surface area (TPSA) is 68.8 Å². The van der Waals surface area contributed by atoms with Crippen LogP contribution in [0.15, 0.2) is 18.5 Å². The SMILES string of the molecule is Cc1ccncc1C(NN)c1c(C)nn(C)c1C. The van der Waals surface area contributed by atoms with Crippen molar-refractivity contribution in [3.63, 3.8) is 0 Å². The Balaban J connectivity index is 2.56. The third kappa shape index (κ3) is 2.02. The zero-order valence-electron chi connectivity index (χ0n) is 11.2. The molecule has 0 fully saturated rings. The summed E-state index contributed by atoms with van der Waals surface area (Å²) in [5.74, 6) is 5.74. The molecule has 96 valence electrons. The molecular weight excluding hydrogens is 226 g/mol. The Morgan fingerprint density at radius 2 is 2.06 bits per heavy atom. The summed E-state index contributed by atoms with van der Waals surface area (Å²) in [5, 5.41) is 4.44. The number of hydrogen-bond acceptors (Lipinski definition) is 4. The van der Waals surface area contributed by atoms with Crippen molar-refractivity contribution >= 4 is 0 Å². The number of aryl methyl sites for hydroxylation is 3. The maximum Gasteiger partial charge on any atom is 0.0763 e. The summed E-state index contributed by atoms with van der Waals surface area (Å²) in [5.41, 5.74) is 8.34. The lowest BCUT2D eigenvalue weighted by Crippen LogP contribution is -2.30. The van der Waals surface area contributed by atoms with Crippen molar-refractivity contribution in [1.82, 2.24) is 20.2 Å². The van der Waals surface area contributed by atoms with Crippen LogP contribution in [0.5, 0.6) is 0 Å². The van der Waals surface area contributed by atoms with Crippen molar-refractivity contribution in [3.8, 4) is 0 Å². The Kier molecular flexibility index (Phi) is 3.45. The minimum Gasteiger partial charge on any atom is -0.272 e. The fourth-order valence-corrected chi connectivity index (χ4v) is 2.31. The van der Waals surface area contributed by atoms with Crippen LogP contribution in [0.4, 0.5) is 0 Å². The van der Waals surface area contributed by atoms with Gasteiger partial charge in [-0.15, -0.1) is 0 Å². The summed E-state index contributed by atoms with van der Waals surface area (Å²) in [7, 11) is 1.94. The van der Waals surface area contributed by atoms with Gasteiger partial charge >= 0.3 is 0 Å². The number of aromatic nitrogens is 3. The van der Waals surface area contributed by atoms with Gasteiger partial charge in [0.05, 0.1) is 11.7 Å². The Morgan fingerprint density at radius 3 is 2.56 bits per heavy atom. The lowest BCUT2D eigenvalue weighted by molar-refractivity contribution is 0.623. The molecule has 5 heteroatoms. The second-order valence-electron chi connectivity index (χ2n) is 4.54. The lowest BCUT2D eigenvalue weighted by Gasteiger charge is -2.18. The van der Waals surface area contributed by atoms with Crippen molar-refractivity contribution < 1.29 is 0 Å². The number of nitrogens with zero attached hydrogens (tertiary/aromatic N) is 3. The first-order valence-electron chi connectivity index (χ1n) is 5.93. The Hall–Kier alpha value is -1.72. The zero-order valence-corrected chi connectivity index (χ0v) is 11.2. The van der Waals surface area contributed by atoms with Gasteiger partial charge in [-0.2, -0.15) is 5.10 Å². The first-order valence-corrected chi connectivity index (χ1v) is 5.93. The molecule has 0 saturated heterocycles. The van der Waals surface area contributed by atoms with E-state index in [2.05, 4.69) is 22.4 Å². The van der Waals surface area contributed by atoms with E-state index in [-0.39, 0.29) is 6.04 Å². The molecule has 0 spiro atoms. The minimum atomic E-state index is -0.0765. The zero-order chi connectivity index (χ0) is 13.3. The predicted octanol–water partition coefficient (Wildman–Crippen LogP) is 1.29. The molecule has 2 rings (SSSR count). The maximum atomic E-state index is 5.74. The summed E-state index contributed by atoms with van der Waals surface area (Å²) >= 11 is 0. The molecule has 0 saturated carbocycles. The molecule has 0 bridgehead atoms. The molecule has 2 heterocycles. The molecule has 2 aromatic rings. The quantitative estimate of drug-likeness (QED) is 0.631. The summed E-state index contributed by atoms with van der Waals surface area (Å²) < 4.78 is 1.88. The van der Waals surface area contributed by atoms with E-state index < -0.39 is 0 Å². The largest absolute Gasteiger partial charge is 0.272 e. The summed E-state index contributed by atoms with van der Waals surface area (Å²) in [4.78, 5) is 4.18. The lowest BCUT2D eigenvalue weighted by atomic mass is 9.96. The fourth-order valence-electron chi connectivity index (χ4n) is 2.31. The van der Waals surface area contributed by atoms with Crippen molar-refractivity contribution in [1.29, 1.82) is 0 Å². The van der Waals surface area contributed by atoms with Gasteiger partial charge in [-0.05, 0) is 38.0 Å². The smallest absolute Gasteiger partial charge is 0.0763 e. The highest BCUT2D eigenvalue weighted by Crippen LogP contribution is 2.28. The monoisotopic (exact) mass is 245 g/mol. The molecule has 0 amide bonds. The molecule has 5 nitrogen and oxygen atoms in total. The normalized spacial score (nSPS) is 12.7. The van der Waals surface area contributed by atoms with Gasteiger partial charge in [0.2, 0.25) is 0 Å². The van der Waals surface area contributed by atoms with Crippen LogP contribution in [-0.2, 0) is 7.05 Å². The highest BCUT2D eigenvalue weighted by atomic mass is 15.3. The van der Waals surface area contributed by atoms with Gasteiger partial charge in [0, 0.05) is 30.7 Å². The van der Waals surface area contributed by atoms with Gasteiger partial charge in [0.1, 0.15) is 0 Å². The van der Waals surface area contributed by atoms with Crippen molar-refractivity contribution in [2.75, 3.05) is 0 Å². The number of hydrazine groups is 1. The van der Waals surface area contributed by atoms with Crippen molar-refractivity contribution in [3.05, 3.63) is 46.5 Å². The van der Waals surface area contributed by atoms with Gasteiger partial charge < -0.3 is 0 Å². The van der Waals surface area contributed by atoms with Crippen molar-refractivity contribution in [2.45, 2.75) is 26.8 Å². The number of nitrogens with one attached hydrogen (secondary N) is 1. The fraction of sp³-hybridized carbons (Fsp3) is 0.385. The van der Waals surface area contributed by atoms with Crippen LogP contribution in [0, 0.1) is 20.8 Å². The van der Waals surface area contributed by atoms with Crippen LogP contribution in [0.3, 0.4) is 0 Å². The molecule has 18 heavy (non-hydrogen) atoms. The average molecular weight is 245 g/mol. The first-order chi connectivity index (χ1) is 8.56. The van der Waals surface area contributed by atoms with E-state index in [0.717, 1.165) is 28.1 Å². The van der Waals surface area contributed by atoms with Crippen molar-refractivity contribution in [2.24, 2.45) is 12.9 Å². The third-order valence-corrected chi connectivity index (χ3v) is 3.41. The van der Waals surface area contributed by atoms with Crippen LogP contribution in [0.2, 0.25) is 0 Å². The molecule has 0 aliphatic carbocycles. The van der Waals surface area contributed by atoms with Crippen LogP contribution >= 0.6 is 0 Å². The van der Waals surface area contributed by atoms with E-state index in [4.69, 9.17) is 5.84 Å². The molecule has 0 aliphatic rings. The Bertz CT molecular complexity index is 559. The summed E-state index contributed by atoms with van der Waals surface area (Å²) in [6.07, 6.45) is 3.64. The Labute approximate surface area is 107 Å². The molecule has 3 N–H and O–H groups in total. The first kappa shape index (κ1) is 12.7. The van der Waals surface area contributed by atoms with Gasteiger partial charge in [0.25, 0.3) is 0 Å². The molecule has 0 aliphatic heterocycles. The molecule has 1 unspecified atom stereocenters. The Morgan fingerprint density at radius 1 is 1.33 bits per heavy atom. The molecule has 2 aromatic heterocycles. The predicted molar refractivity (Wildman–Crippen MR) is 70.8 cm³/mol. The van der Waals surface area contributed by atoms with Gasteiger partial charge in [-0.1, -0.05) is 0 Å². The molecular formula is C13H19N5. The number of rotatable bonds is 3. The van der Waals surface area contributed by atoms with E-state index >= 15 is 0 Å². The molecule has 1 atom stereocenters. The van der Waals surface area contributed by atoms with E-state index in [0.29, 0.717) is 0 Å². The standard InChI is InChI=1S/C13H19N5/c1-8-5-6-15-7-11(8)13(16-14)12-9(2)17-18(4)10(12)3/h5-7,13,16H,14H2,1-4H3. The van der Waals surface area contributed by atoms with Crippen LogP contribution in [0.1, 0.15) is 34.1 Å². The maximum absolute atomic E-state index is 5.74. The van der Waals surface area contributed by atoms with Gasteiger partial charge in [0.15, 0.2) is 0 Å². The van der Waals surface area contributed by atoms with Crippen LogP contribution < -0.4 is 11.3 Å². The second-order valence-corrected chi connectivity index (χ2v) is 4.54. The second kappa shape index (κ2) is 4.88. The van der Waals surface area contributed by atoms with E-state index in [1.807, 2.05) is 37.8 Å².